The van der Waals surface area contributed by atoms with Gasteiger partial charge in [0.1, 0.15) is 22.9 Å². The van der Waals surface area contributed by atoms with Crippen molar-refractivity contribution in [2.45, 2.75) is 13.3 Å². The number of allylic oxidation sites excluding steroid dienone is 9. The van der Waals surface area contributed by atoms with Gasteiger partial charge in [-0.2, -0.15) is 0 Å². The van der Waals surface area contributed by atoms with Crippen molar-refractivity contribution in [1.82, 2.24) is 0 Å². The lowest BCUT2D eigenvalue weighted by Crippen LogP contribution is -1.97. The van der Waals surface area contributed by atoms with Crippen LogP contribution in [0.5, 0.6) is 0 Å². The van der Waals surface area contributed by atoms with E-state index in [1.807, 2.05) is 61.5 Å². The molecule has 2 nitrogen and oxygen atoms in total. The molecule has 0 spiro atoms. The van der Waals surface area contributed by atoms with E-state index in [1.54, 1.807) is 0 Å². The molecule has 1 unspecified atom stereocenters. The van der Waals surface area contributed by atoms with Gasteiger partial charge in [-0.1, -0.05) is 90.5 Å². The molecule has 0 amide bonds. The van der Waals surface area contributed by atoms with Crippen molar-refractivity contribution in [2.75, 3.05) is 0 Å². The Hall–Kier alpha value is -4.27. The number of furan rings is 1. The number of rotatable bonds is 6. The Kier molecular flexibility index (Phi) is 6.73. The van der Waals surface area contributed by atoms with Crippen molar-refractivity contribution in [1.29, 1.82) is 0 Å². The van der Waals surface area contributed by atoms with Crippen LogP contribution in [0.3, 0.4) is 0 Å². The van der Waals surface area contributed by atoms with Crippen LogP contribution in [0.2, 0.25) is 5.02 Å². The molecule has 0 radical (unpaired) electrons. The average Bonchev–Trinajstić information content (AvgIpc) is 3.56. The summed E-state index contributed by atoms with van der Waals surface area (Å²) in [6.45, 7) is 2.02. The molecule has 6 rings (SSSR count). The van der Waals surface area contributed by atoms with Crippen molar-refractivity contribution in [3.8, 4) is 11.1 Å². The predicted octanol–water partition coefficient (Wildman–Crippen LogP) is 10.3. The third kappa shape index (κ3) is 5.09. The second-order valence-electron chi connectivity index (χ2n) is 9.45. The maximum atomic E-state index is 6.60. The fourth-order valence-electron chi connectivity index (χ4n) is 4.90. The maximum Gasteiger partial charge on any atom is 0.134 e. The summed E-state index contributed by atoms with van der Waals surface area (Å²) in [7, 11) is 0. The summed E-state index contributed by atoms with van der Waals surface area (Å²) in [5.74, 6) is 3.13. The van der Waals surface area contributed by atoms with Gasteiger partial charge in [0.2, 0.25) is 0 Å². The average molecular weight is 515 g/mol. The first-order chi connectivity index (χ1) is 18.7. The molecule has 0 saturated heterocycles. The largest absolute Gasteiger partial charge is 0.461 e. The molecule has 0 N–H and O–H groups in total. The Balaban J connectivity index is 1.25. The van der Waals surface area contributed by atoms with Crippen LogP contribution < -0.4 is 0 Å². The third-order valence-electron chi connectivity index (χ3n) is 6.79. The fourth-order valence-corrected chi connectivity index (χ4v) is 5.13. The number of hydrogen-bond donors (Lipinski definition) is 0. The van der Waals surface area contributed by atoms with E-state index in [2.05, 4.69) is 72.9 Å². The second-order valence-corrected chi connectivity index (χ2v) is 9.88. The van der Waals surface area contributed by atoms with E-state index in [0.29, 0.717) is 10.9 Å². The van der Waals surface area contributed by atoms with Crippen molar-refractivity contribution in [3.05, 3.63) is 149 Å². The zero-order valence-electron chi connectivity index (χ0n) is 21.1. The normalized spacial score (nSPS) is 17.2. The van der Waals surface area contributed by atoms with Crippen LogP contribution in [-0.4, -0.2) is 0 Å². The van der Waals surface area contributed by atoms with Gasteiger partial charge >= 0.3 is 0 Å². The summed E-state index contributed by atoms with van der Waals surface area (Å²) in [5, 5.41) is 1.79. The van der Waals surface area contributed by atoms with E-state index in [1.165, 1.54) is 0 Å². The van der Waals surface area contributed by atoms with Gasteiger partial charge in [0.25, 0.3) is 0 Å². The summed E-state index contributed by atoms with van der Waals surface area (Å²) < 4.78 is 12.0. The van der Waals surface area contributed by atoms with E-state index in [0.717, 1.165) is 62.5 Å². The lowest BCUT2D eigenvalue weighted by atomic mass is 9.97. The maximum absolute atomic E-state index is 6.60. The van der Waals surface area contributed by atoms with Crippen LogP contribution in [0.4, 0.5) is 0 Å². The number of halogens is 1. The summed E-state index contributed by atoms with van der Waals surface area (Å²) in [5.41, 5.74) is 6.25. The highest BCUT2D eigenvalue weighted by Gasteiger charge is 2.24. The van der Waals surface area contributed by atoms with Crippen molar-refractivity contribution in [2.24, 2.45) is 5.92 Å². The van der Waals surface area contributed by atoms with Gasteiger partial charge in [-0.3, -0.25) is 0 Å². The van der Waals surface area contributed by atoms with Crippen molar-refractivity contribution in [3.63, 3.8) is 0 Å². The smallest absolute Gasteiger partial charge is 0.134 e. The van der Waals surface area contributed by atoms with Gasteiger partial charge in [0.05, 0.1) is 0 Å². The number of ether oxygens (including phenoxy) is 1. The highest BCUT2D eigenvalue weighted by atomic mass is 35.5. The Morgan fingerprint density at radius 2 is 1.79 bits per heavy atom. The Morgan fingerprint density at radius 1 is 0.947 bits per heavy atom. The summed E-state index contributed by atoms with van der Waals surface area (Å²) in [6.07, 6.45) is 19.7. The topological polar surface area (TPSA) is 22.4 Å². The summed E-state index contributed by atoms with van der Waals surface area (Å²) in [4.78, 5) is 0. The monoisotopic (exact) mass is 514 g/mol. The Morgan fingerprint density at radius 3 is 2.61 bits per heavy atom. The van der Waals surface area contributed by atoms with Crippen LogP contribution in [0.25, 0.3) is 39.5 Å². The molecule has 3 heteroatoms. The minimum Gasteiger partial charge on any atom is -0.461 e. The number of benzene rings is 3. The molecule has 0 saturated carbocycles. The van der Waals surface area contributed by atoms with Gasteiger partial charge in [0, 0.05) is 21.9 Å². The quantitative estimate of drug-likeness (QED) is 0.239. The summed E-state index contributed by atoms with van der Waals surface area (Å²) in [6, 6.07) is 24.8. The van der Waals surface area contributed by atoms with Gasteiger partial charge in [-0.15, -0.1) is 0 Å². The van der Waals surface area contributed by atoms with Crippen molar-refractivity contribution >= 4 is 40.0 Å². The number of fused-ring (bicyclic) bond motifs is 2. The van der Waals surface area contributed by atoms with Gasteiger partial charge in [-0.05, 0) is 84.2 Å². The van der Waals surface area contributed by atoms with E-state index in [9.17, 15) is 0 Å². The van der Waals surface area contributed by atoms with Crippen molar-refractivity contribution < 1.29 is 9.15 Å². The first-order valence-electron chi connectivity index (χ1n) is 12.8. The lowest BCUT2D eigenvalue weighted by molar-refractivity contribution is 0.365. The Labute approximate surface area is 228 Å². The molecule has 1 atom stereocenters. The summed E-state index contributed by atoms with van der Waals surface area (Å²) >= 11 is 6.60. The van der Waals surface area contributed by atoms with Gasteiger partial charge < -0.3 is 9.15 Å². The van der Waals surface area contributed by atoms with Crippen LogP contribution in [0, 0.1) is 5.92 Å². The van der Waals surface area contributed by atoms with Crippen LogP contribution in [0.1, 0.15) is 30.2 Å². The van der Waals surface area contributed by atoms with Crippen LogP contribution in [0.15, 0.2) is 132 Å². The van der Waals surface area contributed by atoms with Gasteiger partial charge in [-0.25, -0.2) is 0 Å². The molecule has 2 heterocycles. The molecule has 186 valence electrons. The van der Waals surface area contributed by atoms with E-state index >= 15 is 0 Å². The van der Waals surface area contributed by atoms with E-state index in [-0.39, 0.29) is 0 Å². The number of hydrogen-bond acceptors (Lipinski definition) is 2. The standard InChI is InChI=1S/C35H27ClO2/c1-2-8-24(11-7-12-32-22-27-9-3-5-13-33(27)37-32)29-19-30(21-31(36)20-29)25-15-17-26(18-16-25)35-23-28-10-4-6-14-34(28)38-35/h2-9,11-23,28H,10H2,1H3/b8-2-,12-7+,24-11+. The molecule has 0 fully saturated rings. The first kappa shape index (κ1) is 24.1. The second kappa shape index (κ2) is 10.6. The highest BCUT2D eigenvalue weighted by molar-refractivity contribution is 6.31. The minimum absolute atomic E-state index is 0.350. The third-order valence-corrected chi connectivity index (χ3v) is 7.01. The van der Waals surface area contributed by atoms with E-state index < -0.39 is 0 Å². The zero-order chi connectivity index (χ0) is 25.9. The molecular formula is C35H27ClO2. The zero-order valence-corrected chi connectivity index (χ0v) is 21.9. The van der Waals surface area contributed by atoms with E-state index in [4.69, 9.17) is 20.8 Å². The molecule has 4 aromatic rings. The lowest BCUT2D eigenvalue weighted by Gasteiger charge is -2.11. The molecule has 3 aromatic carbocycles. The number of para-hydroxylation sites is 1. The molecule has 0 bridgehead atoms. The highest BCUT2D eigenvalue weighted by Crippen LogP contribution is 2.37. The SMILES string of the molecule is C\C=C/C(=C\C=C\c1cc2ccccc2o1)c1cc(Cl)cc(-c2ccc(C3=CC4CC=CC=C4O3)cc2)c1. The molecule has 1 aliphatic heterocycles. The van der Waals surface area contributed by atoms with Crippen LogP contribution in [-0.2, 0) is 4.74 Å². The molecule has 38 heavy (non-hydrogen) atoms. The van der Waals surface area contributed by atoms with Crippen LogP contribution >= 0.6 is 11.6 Å². The van der Waals surface area contributed by atoms with Gasteiger partial charge in [0.15, 0.2) is 0 Å². The minimum atomic E-state index is 0.350. The molecular weight excluding hydrogens is 488 g/mol. The predicted molar refractivity (Wildman–Crippen MR) is 159 cm³/mol. The Bertz CT molecular complexity index is 1640. The first-order valence-corrected chi connectivity index (χ1v) is 13.2. The molecule has 2 aliphatic rings. The molecule has 1 aromatic heterocycles. The fraction of sp³-hybridized carbons (Fsp3) is 0.0857. The molecule has 1 aliphatic carbocycles.